The number of alkyl halides is 3. The van der Waals surface area contributed by atoms with E-state index in [-0.39, 0.29) is 24.3 Å². The Hall–Kier alpha value is -1.72. The molecule has 1 aliphatic carbocycles. The molecule has 0 aromatic heterocycles. The van der Waals surface area contributed by atoms with Gasteiger partial charge in [0.25, 0.3) is 5.91 Å². The number of rotatable bonds is 4. The van der Waals surface area contributed by atoms with Crippen molar-refractivity contribution in [3.05, 3.63) is 29.8 Å². The average molecular weight is 329 g/mol. The monoisotopic (exact) mass is 329 g/mol. The Balaban J connectivity index is 1.96. The number of hydrogen-bond donors (Lipinski definition) is 0. The molecule has 0 aliphatic heterocycles. The standard InChI is InChI=1S/C17H22F3NO2/c1-21(13-8-4-2-3-5-9-13)16(22)12-23-15-11-7-6-10-14(15)17(18,19)20/h6-7,10-11,13H,2-5,8-9,12H2,1H3. The van der Waals surface area contributed by atoms with E-state index in [4.69, 9.17) is 4.74 Å². The minimum atomic E-state index is -4.49. The molecule has 0 heterocycles. The zero-order valence-electron chi connectivity index (χ0n) is 13.2. The van der Waals surface area contributed by atoms with E-state index in [1.807, 2.05) is 0 Å². The number of carbonyl (C=O) groups is 1. The van der Waals surface area contributed by atoms with E-state index in [2.05, 4.69) is 0 Å². The summed E-state index contributed by atoms with van der Waals surface area (Å²) in [7, 11) is 1.71. The first-order chi connectivity index (χ1) is 10.9. The molecular weight excluding hydrogens is 307 g/mol. The zero-order chi connectivity index (χ0) is 16.9. The number of hydrogen-bond acceptors (Lipinski definition) is 2. The van der Waals surface area contributed by atoms with E-state index < -0.39 is 11.7 Å². The van der Waals surface area contributed by atoms with Gasteiger partial charge in [0.1, 0.15) is 5.75 Å². The second-order valence-electron chi connectivity index (χ2n) is 5.93. The third-order valence-corrected chi connectivity index (χ3v) is 4.31. The highest BCUT2D eigenvalue weighted by atomic mass is 19.4. The van der Waals surface area contributed by atoms with Crippen LogP contribution in [-0.2, 0) is 11.0 Å². The minimum Gasteiger partial charge on any atom is -0.483 e. The molecule has 6 heteroatoms. The molecule has 0 atom stereocenters. The predicted octanol–water partition coefficient (Wildman–Crippen LogP) is 4.27. The van der Waals surface area contributed by atoms with Crippen molar-refractivity contribution in [1.82, 2.24) is 4.90 Å². The molecule has 0 saturated heterocycles. The van der Waals surface area contributed by atoms with Crippen LogP contribution in [0.5, 0.6) is 5.75 Å². The van der Waals surface area contributed by atoms with Crippen molar-refractivity contribution in [1.29, 1.82) is 0 Å². The lowest BCUT2D eigenvalue weighted by Gasteiger charge is -2.27. The fourth-order valence-electron chi connectivity index (χ4n) is 2.92. The molecule has 1 aromatic carbocycles. The van der Waals surface area contributed by atoms with Crippen molar-refractivity contribution in [2.75, 3.05) is 13.7 Å². The Morgan fingerprint density at radius 2 is 1.78 bits per heavy atom. The number of halogens is 3. The minimum absolute atomic E-state index is 0.159. The van der Waals surface area contributed by atoms with Gasteiger partial charge in [0, 0.05) is 13.1 Å². The molecule has 0 unspecified atom stereocenters. The predicted molar refractivity (Wildman–Crippen MR) is 81.2 cm³/mol. The molecule has 1 aromatic rings. The van der Waals surface area contributed by atoms with Crippen molar-refractivity contribution >= 4 is 5.91 Å². The first kappa shape index (κ1) is 17.6. The summed E-state index contributed by atoms with van der Waals surface area (Å²) >= 11 is 0. The van der Waals surface area contributed by atoms with Crippen LogP contribution in [0.4, 0.5) is 13.2 Å². The first-order valence-corrected chi connectivity index (χ1v) is 7.94. The number of benzene rings is 1. The first-order valence-electron chi connectivity index (χ1n) is 7.94. The summed E-state index contributed by atoms with van der Waals surface area (Å²) in [6.07, 6.45) is 1.91. The second kappa shape index (κ2) is 7.70. The highest BCUT2D eigenvalue weighted by molar-refractivity contribution is 5.77. The maximum absolute atomic E-state index is 12.9. The quantitative estimate of drug-likeness (QED) is 0.772. The Morgan fingerprint density at radius 3 is 2.39 bits per heavy atom. The molecule has 0 N–H and O–H groups in total. The molecule has 1 fully saturated rings. The largest absolute Gasteiger partial charge is 0.483 e. The van der Waals surface area contributed by atoms with Crippen LogP contribution in [0.3, 0.4) is 0 Å². The van der Waals surface area contributed by atoms with Gasteiger partial charge in [-0.05, 0) is 25.0 Å². The van der Waals surface area contributed by atoms with Gasteiger partial charge in [-0.3, -0.25) is 4.79 Å². The summed E-state index contributed by atoms with van der Waals surface area (Å²) in [5.41, 5.74) is -0.857. The van der Waals surface area contributed by atoms with Gasteiger partial charge in [0.2, 0.25) is 0 Å². The van der Waals surface area contributed by atoms with Gasteiger partial charge in [-0.15, -0.1) is 0 Å². The highest BCUT2D eigenvalue weighted by Crippen LogP contribution is 2.35. The smallest absolute Gasteiger partial charge is 0.419 e. The van der Waals surface area contributed by atoms with E-state index in [0.29, 0.717) is 0 Å². The van der Waals surface area contributed by atoms with Gasteiger partial charge in [-0.1, -0.05) is 37.8 Å². The van der Waals surface area contributed by atoms with Crippen LogP contribution in [0.2, 0.25) is 0 Å². The molecule has 1 saturated carbocycles. The van der Waals surface area contributed by atoms with Crippen LogP contribution in [0, 0.1) is 0 Å². The lowest BCUT2D eigenvalue weighted by atomic mass is 10.1. The summed E-state index contributed by atoms with van der Waals surface area (Å²) in [6.45, 7) is -0.375. The third kappa shape index (κ3) is 4.88. The SMILES string of the molecule is CN(C(=O)COc1ccccc1C(F)(F)F)C1CCCCCC1. The highest BCUT2D eigenvalue weighted by Gasteiger charge is 2.34. The van der Waals surface area contributed by atoms with E-state index in [0.717, 1.165) is 31.7 Å². The molecule has 3 nitrogen and oxygen atoms in total. The maximum Gasteiger partial charge on any atom is 0.419 e. The van der Waals surface area contributed by atoms with Gasteiger partial charge in [0.15, 0.2) is 6.61 Å². The summed E-state index contributed by atoms with van der Waals surface area (Å²) in [5, 5.41) is 0. The van der Waals surface area contributed by atoms with E-state index >= 15 is 0 Å². The Bertz CT molecular complexity index is 523. The van der Waals surface area contributed by atoms with Crippen LogP contribution in [0.15, 0.2) is 24.3 Å². The van der Waals surface area contributed by atoms with Gasteiger partial charge < -0.3 is 9.64 Å². The number of likely N-dealkylation sites (N-methyl/N-ethyl adjacent to an activating group) is 1. The zero-order valence-corrected chi connectivity index (χ0v) is 13.2. The van der Waals surface area contributed by atoms with Crippen LogP contribution < -0.4 is 4.74 Å². The normalized spacial score (nSPS) is 16.7. The van der Waals surface area contributed by atoms with Crippen molar-refractivity contribution in [2.45, 2.75) is 50.7 Å². The van der Waals surface area contributed by atoms with E-state index in [1.165, 1.54) is 31.0 Å². The molecule has 1 amide bonds. The van der Waals surface area contributed by atoms with Gasteiger partial charge in [-0.2, -0.15) is 13.2 Å². The number of para-hydroxylation sites is 1. The van der Waals surface area contributed by atoms with Crippen molar-refractivity contribution in [2.24, 2.45) is 0 Å². The molecule has 1 aliphatic rings. The molecule has 128 valence electrons. The molecule has 0 spiro atoms. The van der Waals surface area contributed by atoms with Gasteiger partial charge in [-0.25, -0.2) is 0 Å². The van der Waals surface area contributed by atoms with Crippen LogP contribution in [0.1, 0.15) is 44.1 Å². The number of carbonyl (C=O) groups excluding carboxylic acids is 1. The van der Waals surface area contributed by atoms with E-state index in [1.54, 1.807) is 11.9 Å². The fraction of sp³-hybridized carbons (Fsp3) is 0.588. The van der Waals surface area contributed by atoms with Crippen LogP contribution in [0.25, 0.3) is 0 Å². The lowest BCUT2D eigenvalue weighted by molar-refractivity contribution is -0.141. The average Bonchev–Trinajstić information content (AvgIpc) is 2.80. The number of ether oxygens (including phenoxy) is 1. The Labute approximate surface area is 134 Å². The van der Waals surface area contributed by atoms with Gasteiger partial charge >= 0.3 is 6.18 Å². The molecule has 2 rings (SSSR count). The number of amides is 1. The van der Waals surface area contributed by atoms with Crippen molar-refractivity contribution in [3.63, 3.8) is 0 Å². The molecule has 0 bridgehead atoms. The Kier molecular flexibility index (Phi) is 5.91. The lowest BCUT2D eigenvalue weighted by Crippen LogP contribution is -2.39. The molecular formula is C17H22F3NO2. The molecule has 0 radical (unpaired) electrons. The summed E-state index contributed by atoms with van der Waals surface area (Å²) < 4.78 is 43.8. The summed E-state index contributed by atoms with van der Waals surface area (Å²) in [6, 6.07) is 5.11. The second-order valence-corrected chi connectivity index (χ2v) is 5.93. The van der Waals surface area contributed by atoms with E-state index in [9.17, 15) is 18.0 Å². The summed E-state index contributed by atoms with van der Waals surface area (Å²) in [5.74, 6) is -0.587. The van der Waals surface area contributed by atoms with Crippen molar-refractivity contribution < 1.29 is 22.7 Å². The Morgan fingerprint density at radius 1 is 1.17 bits per heavy atom. The summed E-state index contributed by atoms with van der Waals surface area (Å²) in [4.78, 5) is 13.8. The number of nitrogens with zero attached hydrogens (tertiary/aromatic N) is 1. The fourth-order valence-corrected chi connectivity index (χ4v) is 2.92. The van der Waals surface area contributed by atoms with Gasteiger partial charge in [0.05, 0.1) is 5.56 Å². The maximum atomic E-state index is 12.9. The van der Waals surface area contributed by atoms with Crippen LogP contribution in [-0.4, -0.2) is 30.5 Å². The van der Waals surface area contributed by atoms with Crippen LogP contribution >= 0.6 is 0 Å². The molecule has 23 heavy (non-hydrogen) atoms. The topological polar surface area (TPSA) is 29.5 Å². The third-order valence-electron chi connectivity index (χ3n) is 4.31. The van der Waals surface area contributed by atoms with Crippen molar-refractivity contribution in [3.8, 4) is 5.75 Å².